The molecule has 132 valence electrons. The van der Waals surface area contributed by atoms with Gasteiger partial charge in [0.15, 0.2) is 6.54 Å². The van der Waals surface area contributed by atoms with E-state index in [1.807, 2.05) is 23.5 Å². The summed E-state index contributed by atoms with van der Waals surface area (Å²) in [6.07, 6.45) is 0. The summed E-state index contributed by atoms with van der Waals surface area (Å²) in [5.74, 6) is -0.530. The summed E-state index contributed by atoms with van der Waals surface area (Å²) < 4.78 is 13.2. The van der Waals surface area contributed by atoms with Gasteiger partial charge in [-0.15, -0.1) is 0 Å². The molecule has 0 fully saturated rings. The Morgan fingerprint density at radius 2 is 1.65 bits per heavy atom. The highest BCUT2D eigenvalue weighted by atomic mass is 19.1. The van der Waals surface area contributed by atoms with Crippen molar-refractivity contribution in [2.75, 3.05) is 11.9 Å². The monoisotopic (exact) mass is 349 g/mol. The number of hydrogen-bond donors (Lipinski definition) is 2. The van der Waals surface area contributed by atoms with Crippen LogP contribution in [0.1, 0.15) is 22.7 Å². The van der Waals surface area contributed by atoms with E-state index >= 15 is 0 Å². The SMILES string of the molecule is Cc1ccc([C@H]([NH2+]CC(=O)Nc2cccc(F)c2)c2ccccc2)cc1. The number of benzene rings is 3. The Bertz CT molecular complexity index is 863. The van der Waals surface area contributed by atoms with Crippen molar-refractivity contribution in [2.45, 2.75) is 13.0 Å². The molecule has 0 saturated carbocycles. The van der Waals surface area contributed by atoms with E-state index in [2.05, 4.69) is 48.6 Å². The number of carbonyl (C=O) groups excluding carboxylic acids is 1. The van der Waals surface area contributed by atoms with Crippen molar-refractivity contribution >= 4 is 11.6 Å². The predicted molar refractivity (Wildman–Crippen MR) is 101 cm³/mol. The largest absolute Gasteiger partial charge is 0.328 e. The third kappa shape index (κ3) is 4.77. The van der Waals surface area contributed by atoms with Crippen LogP contribution >= 0.6 is 0 Å². The van der Waals surface area contributed by atoms with Gasteiger partial charge in [0.25, 0.3) is 5.91 Å². The van der Waals surface area contributed by atoms with Gasteiger partial charge in [-0.25, -0.2) is 4.39 Å². The van der Waals surface area contributed by atoms with Gasteiger partial charge < -0.3 is 10.6 Å². The minimum Gasteiger partial charge on any atom is -0.328 e. The lowest BCUT2D eigenvalue weighted by atomic mass is 9.98. The molecule has 0 bridgehead atoms. The molecule has 3 nitrogen and oxygen atoms in total. The number of amides is 1. The molecule has 1 amide bonds. The van der Waals surface area contributed by atoms with E-state index in [9.17, 15) is 9.18 Å². The van der Waals surface area contributed by atoms with Crippen LogP contribution in [0.4, 0.5) is 10.1 Å². The highest BCUT2D eigenvalue weighted by molar-refractivity contribution is 5.91. The van der Waals surface area contributed by atoms with Gasteiger partial charge in [0, 0.05) is 16.8 Å². The van der Waals surface area contributed by atoms with Gasteiger partial charge >= 0.3 is 0 Å². The molecule has 4 heteroatoms. The fourth-order valence-electron chi connectivity index (χ4n) is 2.90. The van der Waals surface area contributed by atoms with Gasteiger partial charge in [-0.1, -0.05) is 66.2 Å². The van der Waals surface area contributed by atoms with Crippen LogP contribution in [0.15, 0.2) is 78.9 Å². The van der Waals surface area contributed by atoms with Crippen LogP contribution in [0.25, 0.3) is 0 Å². The van der Waals surface area contributed by atoms with Crippen molar-refractivity contribution in [3.05, 3.63) is 101 Å². The van der Waals surface area contributed by atoms with Gasteiger partial charge in [-0.3, -0.25) is 4.79 Å². The van der Waals surface area contributed by atoms with Crippen LogP contribution in [0, 0.1) is 12.7 Å². The summed E-state index contributed by atoms with van der Waals surface area (Å²) in [6.45, 7) is 2.29. The first-order valence-electron chi connectivity index (χ1n) is 8.62. The molecule has 3 aromatic carbocycles. The Labute approximate surface area is 152 Å². The van der Waals surface area contributed by atoms with Crippen molar-refractivity contribution in [1.82, 2.24) is 0 Å². The van der Waals surface area contributed by atoms with Gasteiger partial charge in [0.05, 0.1) is 0 Å². The maximum absolute atomic E-state index is 13.2. The Balaban J connectivity index is 1.72. The van der Waals surface area contributed by atoms with Gasteiger partial charge in [0.2, 0.25) is 0 Å². The average Bonchev–Trinajstić information content (AvgIpc) is 2.64. The number of aryl methyl sites for hydroxylation is 1. The molecule has 0 saturated heterocycles. The molecule has 3 rings (SSSR count). The lowest BCUT2D eigenvalue weighted by Gasteiger charge is -2.17. The Hall–Kier alpha value is -2.98. The molecule has 3 N–H and O–H groups in total. The van der Waals surface area contributed by atoms with Crippen LogP contribution in [-0.2, 0) is 4.79 Å². The van der Waals surface area contributed by atoms with Crippen molar-refractivity contribution in [3.63, 3.8) is 0 Å². The highest BCUT2D eigenvalue weighted by Crippen LogP contribution is 2.18. The summed E-state index contributed by atoms with van der Waals surface area (Å²) in [5.41, 5.74) is 3.94. The van der Waals surface area contributed by atoms with E-state index in [-0.39, 0.29) is 24.3 Å². The molecule has 0 aliphatic carbocycles. The van der Waals surface area contributed by atoms with Crippen LogP contribution < -0.4 is 10.6 Å². The minimum absolute atomic E-state index is 0.0232. The number of nitrogens with one attached hydrogen (secondary N) is 1. The van der Waals surface area contributed by atoms with Crippen LogP contribution in [0.5, 0.6) is 0 Å². The third-order valence-corrected chi connectivity index (χ3v) is 4.24. The molecule has 0 aromatic heterocycles. The quantitative estimate of drug-likeness (QED) is 0.704. The average molecular weight is 349 g/mol. The number of anilines is 1. The normalized spacial score (nSPS) is 11.8. The zero-order valence-electron chi connectivity index (χ0n) is 14.7. The summed E-state index contributed by atoms with van der Waals surface area (Å²) in [5, 5.41) is 4.73. The predicted octanol–water partition coefficient (Wildman–Crippen LogP) is 3.43. The molecule has 0 aliphatic rings. The number of rotatable bonds is 6. The maximum atomic E-state index is 13.2. The molecular formula is C22H22FN2O+. The molecule has 1 atom stereocenters. The Morgan fingerprint density at radius 1 is 0.962 bits per heavy atom. The zero-order chi connectivity index (χ0) is 18.4. The van der Waals surface area contributed by atoms with E-state index in [1.54, 1.807) is 12.1 Å². The number of nitrogens with two attached hydrogens (primary N) is 1. The summed E-state index contributed by atoms with van der Waals surface area (Å²) >= 11 is 0. The van der Waals surface area contributed by atoms with Crippen molar-refractivity contribution in [2.24, 2.45) is 0 Å². The van der Waals surface area contributed by atoms with E-state index < -0.39 is 0 Å². The smallest absolute Gasteiger partial charge is 0.279 e. The third-order valence-electron chi connectivity index (χ3n) is 4.24. The molecule has 26 heavy (non-hydrogen) atoms. The van der Waals surface area contributed by atoms with Crippen LogP contribution in [0.2, 0.25) is 0 Å². The number of quaternary nitrogens is 1. The lowest BCUT2D eigenvalue weighted by molar-refractivity contribution is -0.676. The fourth-order valence-corrected chi connectivity index (χ4v) is 2.90. The second-order valence-corrected chi connectivity index (χ2v) is 6.30. The van der Waals surface area contributed by atoms with Crippen LogP contribution in [-0.4, -0.2) is 12.5 Å². The molecule has 0 spiro atoms. The van der Waals surface area contributed by atoms with Gasteiger partial charge in [-0.2, -0.15) is 0 Å². The number of hydrogen-bond acceptors (Lipinski definition) is 1. The summed E-state index contributed by atoms with van der Waals surface area (Å²) in [6, 6.07) is 24.4. The van der Waals surface area contributed by atoms with E-state index in [0.717, 1.165) is 11.1 Å². The van der Waals surface area contributed by atoms with E-state index in [4.69, 9.17) is 0 Å². The second-order valence-electron chi connectivity index (χ2n) is 6.30. The topological polar surface area (TPSA) is 45.7 Å². The van der Waals surface area contributed by atoms with Crippen molar-refractivity contribution < 1.29 is 14.5 Å². The summed E-state index contributed by atoms with van der Waals surface area (Å²) in [4.78, 5) is 12.3. The standard InChI is InChI=1S/C22H21FN2O/c1-16-10-12-18(13-11-16)22(17-6-3-2-4-7-17)24-15-21(26)25-20-9-5-8-19(23)14-20/h2-14,22,24H,15H2,1H3,(H,25,26)/p+1/t22-/m1/s1. The van der Waals surface area contributed by atoms with Crippen molar-refractivity contribution in [1.29, 1.82) is 0 Å². The highest BCUT2D eigenvalue weighted by Gasteiger charge is 2.18. The number of halogens is 1. The lowest BCUT2D eigenvalue weighted by Crippen LogP contribution is -2.87. The Kier molecular flexibility index (Phi) is 5.77. The zero-order valence-corrected chi connectivity index (χ0v) is 14.7. The summed E-state index contributed by atoms with van der Waals surface area (Å²) in [7, 11) is 0. The second kappa shape index (κ2) is 8.41. The minimum atomic E-state index is -0.367. The first-order valence-corrected chi connectivity index (χ1v) is 8.62. The van der Waals surface area contributed by atoms with Crippen LogP contribution in [0.3, 0.4) is 0 Å². The van der Waals surface area contributed by atoms with E-state index in [1.165, 1.54) is 17.7 Å². The number of carbonyl (C=O) groups is 1. The first kappa shape index (κ1) is 17.8. The Morgan fingerprint density at radius 3 is 2.35 bits per heavy atom. The molecular weight excluding hydrogens is 327 g/mol. The molecule has 0 radical (unpaired) electrons. The fraction of sp³-hybridized carbons (Fsp3) is 0.136. The van der Waals surface area contributed by atoms with E-state index in [0.29, 0.717) is 5.69 Å². The molecule has 0 heterocycles. The maximum Gasteiger partial charge on any atom is 0.279 e. The molecule has 0 aliphatic heterocycles. The van der Waals surface area contributed by atoms with Gasteiger partial charge in [-0.05, 0) is 25.1 Å². The molecule has 0 unspecified atom stereocenters. The first-order chi connectivity index (χ1) is 12.6. The van der Waals surface area contributed by atoms with Gasteiger partial charge in [0.1, 0.15) is 11.9 Å². The van der Waals surface area contributed by atoms with Crippen molar-refractivity contribution in [3.8, 4) is 0 Å². The molecule has 3 aromatic rings.